The third-order valence-electron chi connectivity index (χ3n) is 5.29. The van der Waals surface area contributed by atoms with Crippen molar-refractivity contribution in [3.63, 3.8) is 0 Å². The second-order valence-electron chi connectivity index (χ2n) is 6.67. The first-order chi connectivity index (χ1) is 10.1. The number of carbonyl (C=O) groups is 1. The molecular formula is C17H24BrN2O+. The maximum Gasteiger partial charge on any atom is 0.253 e. The number of quaternary nitrogens is 1. The number of benzene rings is 1. The molecule has 2 heterocycles. The highest BCUT2D eigenvalue weighted by Gasteiger charge is 2.38. The van der Waals surface area contributed by atoms with Crippen LogP contribution in [0.1, 0.15) is 36.0 Å². The Hall–Kier alpha value is -0.870. The van der Waals surface area contributed by atoms with Gasteiger partial charge < -0.3 is 9.38 Å². The second-order valence-corrected chi connectivity index (χ2v) is 7.58. The number of rotatable bonds is 2. The lowest BCUT2D eigenvalue weighted by atomic mass is 10.0. The average molecular weight is 352 g/mol. The molecule has 0 bridgehead atoms. The summed E-state index contributed by atoms with van der Waals surface area (Å²) in [5.74, 6) is 0.179. The lowest BCUT2D eigenvalue weighted by molar-refractivity contribution is -0.923. The summed E-state index contributed by atoms with van der Waals surface area (Å²) in [6.45, 7) is 4.46. The lowest BCUT2D eigenvalue weighted by Crippen LogP contribution is -2.55. The van der Waals surface area contributed by atoms with Gasteiger partial charge in [-0.1, -0.05) is 22.0 Å². The summed E-state index contributed by atoms with van der Waals surface area (Å²) in [6.07, 6.45) is 5.04. The molecule has 0 aliphatic carbocycles. The van der Waals surface area contributed by atoms with Crippen molar-refractivity contribution < 1.29 is 9.28 Å². The van der Waals surface area contributed by atoms with Gasteiger partial charge >= 0.3 is 0 Å². The van der Waals surface area contributed by atoms with E-state index in [1.807, 2.05) is 29.2 Å². The van der Waals surface area contributed by atoms with Crippen LogP contribution < -0.4 is 0 Å². The van der Waals surface area contributed by atoms with Crippen molar-refractivity contribution >= 4 is 21.8 Å². The molecule has 3 rings (SSSR count). The largest absolute Gasteiger partial charge is 0.338 e. The molecule has 0 aromatic heterocycles. The van der Waals surface area contributed by atoms with Crippen molar-refractivity contribution in [2.75, 3.05) is 33.2 Å². The van der Waals surface area contributed by atoms with Crippen LogP contribution >= 0.6 is 15.9 Å². The monoisotopic (exact) mass is 351 g/mol. The SMILES string of the molecule is C[N+]1(C2CCN(C(=O)c3cccc(Br)c3)CC2)CCCC1. The molecule has 21 heavy (non-hydrogen) atoms. The van der Waals surface area contributed by atoms with Gasteiger partial charge in [0.25, 0.3) is 5.91 Å². The van der Waals surface area contributed by atoms with Crippen LogP contribution in [0.2, 0.25) is 0 Å². The summed E-state index contributed by atoms with van der Waals surface area (Å²) in [5, 5.41) is 0. The molecule has 0 saturated carbocycles. The van der Waals surface area contributed by atoms with E-state index in [4.69, 9.17) is 0 Å². The van der Waals surface area contributed by atoms with E-state index in [9.17, 15) is 4.79 Å². The van der Waals surface area contributed by atoms with E-state index in [1.165, 1.54) is 30.4 Å². The molecule has 0 radical (unpaired) electrons. The maximum atomic E-state index is 12.6. The number of nitrogens with zero attached hydrogens (tertiary/aromatic N) is 2. The predicted molar refractivity (Wildman–Crippen MR) is 88.2 cm³/mol. The number of amides is 1. The van der Waals surface area contributed by atoms with Gasteiger partial charge in [0.05, 0.1) is 26.2 Å². The molecular weight excluding hydrogens is 328 g/mol. The first kappa shape index (κ1) is 15.0. The minimum atomic E-state index is 0.179. The fourth-order valence-electron chi connectivity index (χ4n) is 3.92. The molecule has 2 aliphatic rings. The molecule has 3 nitrogen and oxygen atoms in total. The van der Waals surface area contributed by atoms with Crippen molar-refractivity contribution in [1.29, 1.82) is 0 Å². The van der Waals surface area contributed by atoms with Crippen LogP contribution in [0.25, 0.3) is 0 Å². The third kappa shape index (κ3) is 3.16. The zero-order chi connectivity index (χ0) is 14.9. The van der Waals surface area contributed by atoms with E-state index >= 15 is 0 Å². The molecule has 1 aromatic rings. The Morgan fingerprint density at radius 1 is 1.24 bits per heavy atom. The summed E-state index contributed by atoms with van der Waals surface area (Å²) in [6, 6.07) is 8.47. The highest BCUT2D eigenvalue weighted by Crippen LogP contribution is 2.28. The molecule has 1 aromatic carbocycles. The van der Waals surface area contributed by atoms with E-state index < -0.39 is 0 Å². The van der Waals surface area contributed by atoms with Crippen LogP contribution in [0.15, 0.2) is 28.7 Å². The number of hydrogen-bond donors (Lipinski definition) is 0. The van der Waals surface area contributed by atoms with Crippen molar-refractivity contribution in [1.82, 2.24) is 4.90 Å². The third-order valence-corrected chi connectivity index (χ3v) is 5.79. The molecule has 2 fully saturated rings. The number of carbonyl (C=O) groups excluding carboxylic acids is 1. The molecule has 0 atom stereocenters. The number of halogens is 1. The zero-order valence-electron chi connectivity index (χ0n) is 12.7. The first-order valence-electron chi connectivity index (χ1n) is 7.97. The Morgan fingerprint density at radius 3 is 2.52 bits per heavy atom. The molecule has 0 unspecified atom stereocenters. The van der Waals surface area contributed by atoms with Gasteiger partial charge in [0.2, 0.25) is 0 Å². The van der Waals surface area contributed by atoms with Gasteiger partial charge in [0, 0.05) is 48.8 Å². The topological polar surface area (TPSA) is 20.3 Å². The van der Waals surface area contributed by atoms with Crippen LogP contribution in [-0.2, 0) is 0 Å². The van der Waals surface area contributed by atoms with E-state index in [-0.39, 0.29) is 5.91 Å². The van der Waals surface area contributed by atoms with Gasteiger partial charge in [-0.05, 0) is 18.2 Å². The first-order valence-corrected chi connectivity index (χ1v) is 8.77. The van der Waals surface area contributed by atoms with Gasteiger partial charge in [0.1, 0.15) is 0 Å². The Bertz CT molecular complexity index is 517. The van der Waals surface area contributed by atoms with Gasteiger partial charge in [-0.15, -0.1) is 0 Å². The van der Waals surface area contributed by atoms with Gasteiger partial charge in [0.15, 0.2) is 0 Å². The lowest BCUT2D eigenvalue weighted by Gasteiger charge is -2.42. The predicted octanol–water partition coefficient (Wildman–Crippen LogP) is 3.29. The van der Waals surface area contributed by atoms with Gasteiger partial charge in [-0.3, -0.25) is 4.79 Å². The fraction of sp³-hybridized carbons (Fsp3) is 0.588. The van der Waals surface area contributed by atoms with Gasteiger partial charge in [-0.25, -0.2) is 0 Å². The Balaban J connectivity index is 1.62. The normalized spacial score (nSPS) is 22.5. The quantitative estimate of drug-likeness (QED) is 0.748. The van der Waals surface area contributed by atoms with Crippen molar-refractivity contribution in [2.24, 2.45) is 0 Å². The highest BCUT2D eigenvalue weighted by atomic mass is 79.9. The second kappa shape index (κ2) is 6.09. The van der Waals surface area contributed by atoms with Crippen molar-refractivity contribution in [3.8, 4) is 0 Å². The van der Waals surface area contributed by atoms with Crippen LogP contribution in [0.5, 0.6) is 0 Å². The fourth-order valence-corrected chi connectivity index (χ4v) is 4.32. The van der Waals surface area contributed by atoms with E-state index in [2.05, 4.69) is 23.0 Å². The highest BCUT2D eigenvalue weighted by molar-refractivity contribution is 9.10. The number of hydrogen-bond acceptors (Lipinski definition) is 1. The van der Waals surface area contributed by atoms with E-state index in [0.29, 0.717) is 0 Å². The molecule has 114 valence electrons. The molecule has 0 spiro atoms. The average Bonchev–Trinajstić information content (AvgIpc) is 2.95. The molecule has 1 amide bonds. The molecule has 2 aliphatic heterocycles. The van der Waals surface area contributed by atoms with E-state index in [1.54, 1.807) is 0 Å². The molecule has 4 heteroatoms. The summed E-state index contributed by atoms with van der Waals surface area (Å²) >= 11 is 3.44. The van der Waals surface area contributed by atoms with Crippen LogP contribution in [0.3, 0.4) is 0 Å². The summed E-state index contributed by atoms with van der Waals surface area (Å²) in [4.78, 5) is 14.6. The minimum Gasteiger partial charge on any atom is -0.338 e. The standard InChI is InChI=1S/C17H24BrN2O/c1-20(11-2-3-12-20)16-7-9-19(10-8-16)17(21)14-5-4-6-15(18)13-14/h4-6,13,16H,2-3,7-12H2,1H3/q+1. The van der Waals surface area contributed by atoms with Gasteiger partial charge in [-0.2, -0.15) is 0 Å². The summed E-state index contributed by atoms with van der Waals surface area (Å²) in [5.41, 5.74) is 0.796. The molecule has 0 N–H and O–H groups in total. The Morgan fingerprint density at radius 2 is 1.90 bits per heavy atom. The Labute approximate surface area is 135 Å². The van der Waals surface area contributed by atoms with Crippen LogP contribution in [0, 0.1) is 0 Å². The zero-order valence-corrected chi connectivity index (χ0v) is 14.3. The van der Waals surface area contributed by atoms with Crippen molar-refractivity contribution in [2.45, 2.75) is 31.7 Å². The summed E-state index contributed by atoms with van der Waals surface area (Å²) < 4.78 is 2.21. The number of piperidine rings is 1. The van der Waals surface area contributed by atoms with E-state index in [0.717, 1.165) is 42.0 Å². The Kier molecular flexibility index (Phi) is 4.36. The number of likely N-dealkylation sites (tertiary alicyclic amines) is 2. The minimum absolute atomic E-state index is 0.179. The summed E-state index contributed by atoms with van der Waals surface area (Å²) in [7, 11) is 2.41. The maximum absolute atomic E-state index is 12.6. The smallest absolute Gasteiger partial charge is 0.253 e. The van der Waals surface area contributed by atoms with Crippen molar-refractivity contribution in [3.05, 3.63) is 34.3 Å². The molecule has 2 saturated heterocycles. The van der Waals surface area contributed by atoms with Crippen LogP contribution in [-0.4, -0.2) is 54.6 Å². The van der Waals surface area contributed by atoms with Crippen LogP contribution in [0.4, 0.5) is 0 Å².